The number of hydrogen-bond donors (Lipinski definition) is 0. The van der Waals surface area contributed by atoms with E-state index in [4.69, 9.17) is 9.15 Å². The first kappa shape index (κ1) is 16.8. The van der Waals surface area contributed by atoms with Gasteiger partial charge in [0.1, 0.15) is 18.1 Å². The zero-order chi connectivity index (χ0) is 18.6. The lowest BCUT2D eigenvalue weighted by molar-refractivity contribution is 0.0467. The molecule has 5 heteroatoms. The monoisotopic (exact) mass is 358 g/mol. The second-order valence-electron chi connectivity index (χ2n) is 6.10. The van der Waals surface area contributed by atoms with Gasteiger partial charge in [0, 0.05) is 23.6 Å². The van der Waals surface area contributed by atoms with Crippen LogP contribution in [0.4, 0.5) is 0 Å². The smallest absolute Gasteiger partial charge is 0.338 e. The van der Waals surface area contributed by atoms with Gasteiger partial charge in [-0.1, -0.05) is 24.3 Å². The molecule has 0 amide bonds. The molecule has 2 heterocycles. The van der Waals surface area contributed by atoms with Gasteiger partial charge < -0.3 is 13.7 Å². The third kappa shape index (κ3) is 3.67. The summed E-state index contributed by atoms with van der Waals surface area (Å²) >= 11 is 0. The van der Waals surface area contributed by atoms with Gasteiger partial charge in [-0.2, -0.15) is 0 Å². The van der Waals surface area contributed by atoms with Crippen molar-refractivity contribution in [2.24, 2.45) is 0 Å². The van der Waals surface area contributed by atoms with Crippen molar-refractivity contribution in [1.82, 2.24) is 9.55 Å². The molecule has 0 aliphatic heterocycles. The first-order valence-corrected chi connectivity index (χ1v) is 8.63. The number of oxazole rings is 1. The summed E-state index contributed by atoms with van der Waals surface area (Å²) in [5.74, 6) is 0.768. The number of nitrogens with zero attached hydrogens (tertiary/aromatic N) is 2. The predicted molar refractivity (Wildman–Crippen MR) is 102 cm³/mol. The number of hydrogen-bond acceptors (Lipinski definition) is 4. The third-order valence-corrected chi connectivity index (χ3v) is 4.24. The van der Waals surface area contributed by atoms with Gasteiger partial charge >= 0.3 is 5.97 Å². The van der Waals surface area contributed by atoms with Crippen LogP contribution in [0.1, 0.15) is 21.8 Å². The fraction of sp³-hybridized carbons (Fsp3) is 0.0909. The average Bonchev–Trinajstić information content (AvgIpc) is 3.37. The topological polar surface area (TPSA) is 57.3 Å². The van der Waals surface area contributed by atoms with Gasteiger partial charge in [0.2, 0.25) is 5.89 Å². The summed E-state index contributed by atoms with van der Waals surface area (Å²) in [7, 11) is 0. The van der Waals surface area contributed by atoms with Crippen molar-refractivity contribution < 1.29 is 13.9 Å². The molecule has 4 rings (SSSR count). The highest BCUT2D eigenvalue weighted by Crippen LogP contribution is 2.22. The molecule has 0 fully saturated rings. The fourth-order valence-corrected chi connectivity index (χ4v) is 2.78. The quantitative estimate of drug-likeness (QED) is 0.481. The van der Waals surface area contributed by atoms with E-state index >= 15 is 0 Å². The summed E-state index contributed by atoms with van der Waals surface area (Å²) in [6, 6.07) is 20.8. The number of ether oxygens (including phenoxy) is 1. The van der Waals surface area contributed by atoms with Gasteiger partial charge in [0.15, 0.2) is 0 Å². The Morgan fingerprint density at radius 2 is 1.81 bits per heavy atom. The molecule has 2 aromatic carbocycles. The molecular weight excluding hydrogens is 340 g/mol. The molecular formula is C22H18N2O3. The Labute approximate surface area is 156 Å². The molecule has 0 saturated heterocycles. The SMILES string of the molecule is Cc1oc(-c2ccccc2)nc1COC(=O)c1cccc(-n2cccc2)c1. The normalized spacial score (nSPS) is 10.7. The molecule has 0 radical (unpaired) electrons. The number of carbonyl (C=O) groups excluding carboxylic acids is 1. The van der Waals surface area contributed by atoms with Crippen molar-refractivity contribution in [2.75, 3.05) is 0 Å². The van der Waals surface area contributed by atoms with Crippen LogP contribution in [-0.2, 0) is 11.3 Å². The van der Waals surface area contributed by atoms with Crippen molar-refractivity contribution in [3.05, 3.63) is 96.1 Å². The molecule has 0 unspecified atom stereocenters. The highest BCUT2D eigenvalue weighted by molar-refractivity contribution is 5.90. The minimum Gasteiger partial charge on any atom is -0.455 e. The number of carbonyl (C=O) groups is 1. The number of aromatic nitrogens is 2. The van der Waals surface area contributed by atoms with E-state index in [1.54, 1.807) is 12.1 Å². The van der Waals surface area contributed by atoms with Gasteiger partial charge in [-0.15, -0.1) is 0 Å². The maximum absolute atomic E-state index is 12.4. The Bertz CT molecular complexity index is 1050. The van der Waals surface area contributed by atoms with Gasteiger partial charge in [-0.25, -0.2) is 9.78 Å². The van der Waals surface area contributed by atoms with Crippen molar-refractivity contribution in [1.29, 1.82) is 0 Å². The molecule has 0 atom stereocenters. The van der Waals surface area contributed by atoms with Gasteiger partial charge in [-0.3, -0.25) is 0 Å². The van der Waals surface area contributed by atoms with E-state index in [-0.39, 0.29) is 6.61 Å². The van der Waals surface area contributed by atoms with Gasteiger partial charge in [-0.05, 0) is 49.4 Å². The van der Waals surface area contributed by atoms with Crippen LogP contribution < -0.4 is 0 Å². The minimum atomic E-state index is -0.396. The Hall–Kier alpha value is -3.60. The van der Waals surface area contributed by atoms with E-state index in [0.717, 1.165) is 11.3 Å². The van der Waals surface area contributed by atoms with E-state index in [0.29, 0.717) is 22.9 Å². The molecule has 0 spiro atoms. The number of rotatable bonds is 5. The van der Waals surface area contributed by atoms with E-state index in [2.05, 4.69) is 4.98 Å². The van der Waals surface area contributed by atoms with Crippen LogP contribution in [0.3, 0.4) is 0 Å². The van der Waals surface area contributed by atoms with Gasteiger partial charge in [0.05, 0.1) is 5.56 Å². The minimum absolute atomic E-state index is 0.0642. The molecule has 0 aliphatic carbocycles. The highest BCUT2D eigenvalue weighted by Gasteiger charge is 2.14. The van der Waals surface area contributed by atoms with Crippen LogP contribution in [0.25, 0.3) is 17.1 Å². The van der Waals surface area contributed by atoms with Crippen molar-refractivity contribution in [3.63, 3.8) is 0 Å². The molecule has 27 heavy (non-hydrogen) atoms. The largest absolute Gasteiger partial charge is 0.455 e. The van der Waals surface area contributed by atoms with E-state index in [9.17, 15) is 4.79 Å². The first-order chi connectivity index (χ1) is 13.2. The molecule has 0 saturated carbocycles. The maximum atomic E-state index is 12.4. The molecule has 5 nitrogen and oxygen atoms in total. The highest BCUT2D eigenvalue weighted by atomic mass is 16.5. The Morgan fingerprint density at radius 1 is 1.04 bits per heavy atom. The van der Waals surface area contributed by atoms with E-state index in [1.165, 1.54) is 0 Å². The van der Waals surface area contributed by atoms with Crippen LogP contribution >= 0.6 is 0 Å². The maximum Gasteiger partial charge on any atom is 0.338 e. The van der Waals surface area contributed by atoms with Crippen LogP contribution in [0, 0.1) is 6.92 Å². The number of esters is 1. The molecule has 0 bridgehead atoms. The standard InChI is InChI=1S/C22H18N2O3/c1-16-20(23-21(27-16)17-8-3-2-4-9-17)15-26-22(25)18-10-7-11-19(14-18)24-12-5-6-13-24/h2-14H,15H2,1H3. The second-order valence-corrected chi connectivity index (χ2v) is 6.10. The summed E-state index contributed by atoms with van der Waals surface area (Å²) in [5.41, 5.74) is 2.89. The second kappa shape index (κ2) is 7.33. The third-order valence-electron chi connectivity index (χ3n) is 4.24. The van der Waals surface area contributed by atoms with Crippen LogP contribution in [0.5, 0.6) is 0 Å². The summed E-state index contributed by atoms with van der Waals surface area (Å²) in [5, 5.41) is 0. The van der Waals surface area contributed by atoms with Crippen molar-refractivity contribution in [3.8, 4) is 17.1 Å². The summed E-state index contributed by atoms with van der Waals surface area (Å²) in [6.45, 7) is 1.88. The number of aryl methyl sites for hydroxylation is 1. The predicted octanol–water partition coefficient (Wildman–Crippen LogP) is 4.80. The number of benzene rings is 2. The Balaban J connectivity index is 1.47. The molecule has 134 valence electrons. The van der Waals surface area contributed by atoms with Crippen molar-refractivity contribution in [2.45, 2.75) is 13.5 Å². The van der Waals surface area contributed by atoms with E-state index in [1.807, 2.05) is 78.5 Å². The zero-order valence-corrected chi connectivity index (χ0v) is 14.8. The molecule has 4 aromatic rings. The molecule has 0 N–H and O–H groups in total. The zero-order valence-electron chi connectivity index (χ0n) is 14.8. The lowest BCUT2D eigenvalue weighted by Gasteiger charge is -2.06. The summed E-state index contributed by atoms with van der Waals surface area (Å²) in [6.07, 6.45) is 3.85. The fourth-order valence-electron chi connectivity index (χ4n) is 2.78. The molecule has 0 aliphatic rings. The Morgan fingerprint density at radius 3 is 2.59 bits per heavy atom. The lowest BCUT2D eigenvalue weighted by atomic mass is 10.2. The first-order valence-electron chi connectivity index (χ1n) is 8.63. The Kier molecular flexibility index (Phi) is 4.58. The van der Waals surface area contributed by atoms with Crippen LogP contribution in [-0.4, -0.2) is 15.5 Å². The molecule has 2 aromatic heterocycles. The summed E-state index contributed by atoms with van der Waals surface area (Å²) in [4.78, 5) is 16.9. The van der Waals surface area contributed by atoms with Crippen molar-refractivity contribution >= 4 is 5.97 Å². The van der Waals surface area contributed by atoms with Crippen LogP contribution in [0.2, 0.25) is 0 Å². The van der Waals surface area contributed by atoms with Gasteiger partial charge in [0.25, 0.3) is 0 Å². The average molecular weight is 358 g/mol. The van der Waals surface area contributed by atoms with E-state index < -0.39 is 5.97 Å². The van der Waals surface area contributed by atoms with Crippen LogP contribution in [0.15, 0.2) is 83.5 Å². The summed E-state index contributed by atoms with van der Waals surface area (Å²) < 4.78 is 13.1. The lowest BCUT2D eigenvalue weighted by Crippen LogP contribution is -2.07.